The van der Waals surface area contributed by atoms with E-state index < -0.39 is 0 Å². The van der Waals surface area contributed by atoms with E-state index in [1.807, 2.05) is 25.4 Å². The number of hydrogen-bond acceptors (Lipinski definition) is 8. The van der Waals surface area contributed by atoms with Gasteiger partial charge in [0, 0.05) is 54.2 Å². The van der Waals surface area contributed by atoms with Gasteiger partial charge in [-0.05, 0) is 48.7 Å². The van der Waals surface area contributed by atoms with E-state index in [0.717, 1.165) is 39.2 Å². The SMILES string of the molecule is CNC(C)c1cnc(Cl)cc1-c1cccc2cc(-c3ccnc(NCCN/C=C\N)n3)sc12. The number of thiophene rings is 1. The van der Waals surface area contributed by atoms with Crippen molar-refractivity contribution in [1.82, 2.24) is 25.6 Å². The van der Waals surface area contributed by atoms with Crippen LogP contribution < -0.4 is 21.7 Å². The van der Waals surface area contributed by atoms with Gasteiger partial charge in [-0.15, -0.1) is 11.3 Å². The van der Waals surface area contributed by atoms with Crippen LogP contribution in [-0.4, -0.2) is 35.1 Å². The second-order valence-electron chi connectivity index (χ2n) is 7.44. The van der Waals surface area contributed by atoms with Crippen LogP contribution in [-0.2, 0) is 0 Å². The highest BCUT2D eigenvalue weighted by molar-refractivity contribution is 7.22. The summed E-state index contributed by atoms with van der Waals surface area (Å²) in [5, 5.41) is 11.3. The molecule has 0 aliphatic heterocycles. The number of rotatable bonds is 9. The molecule has 0 fully saturated rings. The third-order valence-electron chi connectivity index (χ3n) is 5.31. The number of nitrogens with two attached hydrogens (primary N) is 1. The molecule has 7 nitrogen and oxygen atoms in total. The summed E-state index contributed by atoms with van der Waals surface area (Å²) in [5.74, 6) is 0.592. The second-order valence-corrected chi connectivity index (χ2v) is 8.88. The molecule has 0 aliphatic carbocycles. The molecule has 4 aromatic rings. The highest BCUT2D eigenvalue weighted by Gasteiger charge is 2.16. The van der Waals surface area contributed by atoms with Crippen molar-refractivity contribution < 1.29 is 0 Å². The number of hydrogen-bond donors (Lipinski definition) is 4. The number of benzene rings is 1. The molecule has 33 heavy (non-hydrogen) atoms. The Hall–Kier alpha value is -3.20. The molecule has 3 heterocycles. The highest BCUT2D eigenvalue weighted by atomic mass is 35.5. The molecule has 0 bridgehead atoms. The molecule has 3 aromatic heterocycles. The summed E-state index contributed by atoms with van der Waals surface area (Å²) >= 11 is 8.00. The first kappa shape index (κ1) is 23.0. The number of fused-ring (bicyclic) bond motifs is 1. The van der Waals surface area contributed by atoms with Gasteiger partial charge in [0.25, 0.3) is 0 Å². The predicted molar refractivity (Wildman–Crippen MR) is 138 cm³/mol. The Balaban J connectivity index is 1.68. The Morgan fingerprint density at radius 3 is 2.85 bits per heavy atom. The van der Waals surface area contributed by atoms with Crippen LogP contribution in [0.1, 0.15) is 18.5 Å². The van der Waals surface area contributed by atoms with E-state index in [2.05, 4.69) is 57.1 Å². The number of nitrogens with zero attached hydrogens (tertiary/aromatic N) is 3. The summed E-state index contributed by atoms with van der Waals surface area (Å²) in [4.78, 5) is 14.4. The minimum Gasteiger partial charge on any atom is -0.403 e. The van der Waals surface area contributed by atoms with Crippen LogP contribution in [0.4, 0.5) is 5.95 Å². The van der Waals surface area contributed by atoms with E-state index in [1.54, 1.807) is 23.7 Å². The van der Waals surface area contributed by atoms with Crippen molar-refractivity contribution in [2.45, 2.75) is 13.0 Å². The number of anilines is 1. The molecule has 1 unspecified atom stereocenters. The van der Waals surface area contributed by atoms with Crippen molar-refractivity contribution in [3.05, 3.63) is 71.9 Å². The molecule has 0 saturated carbocycles. The van der Waals surface area contributed by atoms with Crippen molar-refractivity contribution in [2.24, 2.45) is 5.73 Å². The summed E-state index contributed by atoms with van der Waals surface area (Å²) in [7, 11) is 1.94. The Bertz CT molecular complexity index is 1270. The van der Waals surface area contributed by atoms with Gasteiger partial charge in [-0.2, -0.15) is 0 Å². The number of nitrogens with one attached hydrogen (secondary N) is 3. The van der Waals surface area contributed by atoms with Crippen LogP contribution in [0.2, 0.25) is 5.15 Å². The average molecular weight is 480 g/mol. The molecule has 5 N–H and O–H groups in total. The highest BCUT2D eigenvalue weighted by Crippen LogP contribution is 2.41. The lowest BCUT2D eigenvalue weighted by Crippen LogP contribution is -2.18. The van der Waals surface area contributed by atoms with E-state index in [4.69, 9.17) is 22.3 Å². The predicted octanol–water partition coefficient (Wildman–Crippen LogP) is 4.79. The average Bonchev–Trinajstić information content (AvgIpc) is 3.28. The van der Waals surface area contributed by atoms with E-state index in [1.165, 1.54) is 10.9 Å². The first-order valence-electron chi connectivity index (χ1n) is 10.6. The molecule has 0 saturated heterocycles. The fourth-order valence-corrected chi connectivity index (χ4v) is 4.87. The zero-order chi connectivity index (χ0) is 23.2. The fraction of sp³-hybridized carbons (Fsp3) is 0.208. The van der Waals surface area contributed by atoms with Crippen molar-refractivity contribution in [1.29, 1.82) is 0 Å². The first-order chi connectivity index (χ1) is 16.1. The Labute approximate surface area is 202 Å². The van der Waals surface area contributed by atoms with Crippen LogP contribution >= 0.6 is 22.9 Å². The van der Waals surface area contributed by atoms with Gasteiger partial charge in [-0.3, -0.25) is 0 Å². The van der Waals surface area contributed by atoms with Gasteiger partial charge < -0.3 is 21.7 Å². The standard InChI is InChI=1S/C24H26ClN7S/c1-15(27-2)19-14-31-22(25)13-18(19)17-5-3-4-16-12-21(33-23(16)17)20-6-8-29-24(32-20)30-11-10-28-9-7-26/h3-9,12-15,27-28H,10-11,26H2,1-2H3,(H,29,30,32)/b9-7-. The third-order valence-corrected chi connectivity index (χ3v) is 6.72. The lowest BCUT2D eigenvalue weighted by atomic mass is 9.97. The Morgan fingerprint density at radius 2 is 2.03 bits per heavy atom. The molecular formula is C24H26ClN7S. The minimum absolute atomic E-state index is 0.143. The first-order valence-corrected chi connectivity index (χ1v) is 11.8. The van der Waals surface area contributed by atoms with Crippen LogP contribution in [0, 0.1) is 0 Å². The van der Waals surface area contributed by atoms with Gasteiger partial charge in [0.15, 0.2) is 0 Å². The molecule has 1 atom stereocenters. The Kier molecular flexibility index (Phi) is 7.39. The molecule has 1 aromatic carbocycles. The quantitative estimate of drug-likeness (QED) is 0.202. The summed E-state index contributed by atoms with van der Waals surface area (Å²) in [6.45, 7) is 3.51. The maximum Gasteiger partial charge on any atom is 0.223 e. The van der Waals surface area contributed by atoms with Crippen LogP contribution in [0.15, 0.2) is 61.2 Å². The minimum atomic E-state index is 0.143. The fourth-order valence-electron chi connectivity index (χ4n) is 3.55. The summed E-state index contributed by atoms with van der Waals surface area (Å²) in [6, 6.07) is 12.5. The topological polar surface area (TPSA) is 101 Å². The molecule has 0 amide bonds. The number of pyridine rings is 1. The van der Waals surface area contributed by atoms with Gasteiger partial charge in [0.05, 0.1) is 10.6 Å². The number of halogens is 1. The van der Waals surface area contributed by atoms with Crippen molar-refractivity contribution in [3.63, 3.8) is 0 Å². The third kappa shape index (κ3) is 5.24. The van der Waals surface area contributed by atoms with Gasteiger partial charge in [0.2, 0.25) is 5.95 Å². The zero-order valence-corrected chi connectivity index (χ0v) is 20.0. The molecule has 9 heteroatoms. The van der Waals surface area contributed by atoms with Crippen LogP contribution in [0.3, 0.4) is 0 Å². The normalized spacial score (nSPS) is 12.3. The largest absolute Gasteiger partial charge is 0.403 e. The maximum absolute atomic E-state index is 6.29. The lowest BCUT2D eigenvalue weighted by Gasteiger charge is -2.16. The van der Waals surface area contributed by atoms with Gasteiger partial charge in [-0.1, -0.05) is 29.8 Å². The molecule has 170 valence electrons. The van der Waals surface area contributed by atoms with E-state index in [0.29, 0.717) is 17.6 Å². The molecule has 4 rings (SSSR count). The van der Waals surface area contributed by atoms with Gasteiger partial charge in [-0.25, -0.2) is 15.0 Å². The summed E-state index contributed by atoms with van der Waals surface area (Å²) in [6.07, 6.45) is 6.80. The molecule has 0 spiro atoms. The van der Waals surface area contributed by atoms with E-state index >= 15 is 0 Å². The van der Waals surface area contributed by atoms with Crippen molar-refractivity contribution >= 4 is 39.0 Å². The van der Waals surface area contributed by atoms with Crippen molar-refractivity contribution in [2.75, 3.05) is 25.5 Å². The van der Waals surface area contributed by atoms with Gasteiger partial charge in [0.1, 0.15) is 5.15 Å². The monoisotopic (exact) mass is 479 g/mol. The van der Waals surface area contributed by atoms with E-state index in [-0.39, 0.29) is 6.04 Å². The van der Waals surface area contributed by atoms with Crippen molar-refractivity contribution in [3.8, 4) is 21.7 Å². The smallest absolute Gasteiger partial charge is 0.223 e. The Morgan fingerprint density at radius 1 is 1.15 bits per heavy atom. The summed E-state index contributed by atoms with van der Waals surface area (Å²) in [5.41, 5.74) is 9.53. The zero-order valence-electron chi connectivity index (χ0n) is 18.5. The molecule has 0 aliphatic rings. The second kappa shape index (κ2) is 10.6. The van der Waals surface area contributed by atoms with Crippen LogP contribution in [0.5, 0.6) is 0 Å². The van der Waals surface area contributed by atoms with Gasteiger partial charge >= 0.3 is 0 Å². The lowest BCUT2D eigenvalue weighted by molar-refractivity contribution is 0.651. The molecular weight excluding hydrogens is 454 g/mol. The van der Waals surface area contributed by atoms with E-state index in [9.17, 15) is 0 Å². The molecule has 0 radical (unpaired) electrons. The summed E-state index contributed by atoms with van der Waals surface area (Å²) < 4.78 is 1.19. The van der Waals surface area contributed by atoms with Crippen LogP contribution in [0.25, 0.3) is 31.8 Å². The number of aromatic nitrogens is 3. The maximum atomic E-state index is 6.29.